The highest BCUT2D eigenvalue weighted by Gasteiger charge is 2.34. The first kappa shape index (κ1) is 49.1. The number of ketones is 2. The average Bonchev–Trinajstić information content (AvgIpc) is 3.23. The minimum atomic E-state index is -3.19. The van der Waals surface area contributed by atoms with Crippen LogP contribution in [0.5, 0.6) is 11.5 Å². The smallest absolute Gasteiger partial charge is 0.330 e. The van der Waals surface area contributed by atoms with Gasteiger partial charge < -0.3 is 18.9 Å². The minimum absolute atomic E-state index is 0.0361. The fourth-order valence-electron chi connectivity index (χ4n) is 4.87. The van der Waals surface area contributed by atoms with Crippen molar-refractivity contribution >= 4 is 67.1 Å². The summed E-state index contributed by atoms with van der Waals surface area (Å²) in [5.74, 6) is 0.163. The Hall–Kier alpha value is -5.24. The third-order valence-electron chi connectivity index (χ3n) is 8.34. The second-order valence-corrected chi connectivity index (χ2v) is 18.9. The highest BCUT2D eigenvalue weighted by Crippen LogP contribution is 2.43. The van der Waals surface area contributed by atoms with Gasteiger partial charge in [-0.1, -0.05) is 60.9 Å². The Kier molecular flexibility index (Phi) is 18.8. The third kappa shape index (κ3) is 14.5. The Bertz CT molecular complexity index is 2230. The molecule has 0 aliphatic heterocycles. The van der Waals surface area contributed by atoms with Gasteiger partial charge in [0.15, 0.2) is 11.6 Å². The van der Waals surface area contributed by atoms with Gasteiger partial charge >= 0.3 is 11.9 Å². The number of methoxy groups -OCH3 is 2. The molecule has 0 radical (unpaired) electrons. The van der Waals surface area contributed by atoms with Crippen LogP contribution in [0, 0.1) is 0 Å². The quantitative estimate of drug-likeness (QED) is 0.0832. The van der Waals surface area contributed by atoms with Crippen molar-refractivity contribution < 1.29 is 55.0 Å². The molecule has 60 heavy (non-hydrogen) atoms. The highest BCUT2D eigenvalue weighted by atomic mass is 32.2. The van der Waals surface area contributed by atoms with Gasteiger partial charge in [0.05, 0.1) is 26.7 Å². The van der Waals surface area contributed by atoms with E-state index in [2.05, 4.69) is 22.6 Å². The first-order valence-electron chi connectivity index (χ1n) is 17.7. The van der Waals surface area contributed by atoms with E-state index in [-0.39, 0.29) is 37.9 Å². The van der Waals surface area contributed by atoms with Crippen molar-refractivity contribution in [2.24, 2.45) is 0 Å². The van der Waals surface area contributed by atoms with Crippen LogP contribution in [-0.2, 0) is 39.1 Å². The maximum absolute atomic E-state index is 13.6. The fraction of sp³-hybridized carbons (Fsp3) is 0.238. The second kappa shape index (κ2) is 22.9. The van der Waals surface area contributed by atoms with E-state index in [1.807, 2.05) is 60.7 Å². The van der Waals surface area contributed by atoms with Crippen molar-refractivity contribution in [3.8, 4) is 11.5 Å². The Morgan fingerprint density at radius 1 is 0.600 bits per heavy atom. The molecule has 14 nitrogen and oxygen atoms in total. The third-order valence-corrected chi connectivity index (χ3v) is 13.1. The lowest BCUT2D eigenvalue weighted by molar-refractivity contribution is -0.138. The minimum Gasteiger partial charge on any atom is -0.497 e. The summed E-state index contributed by atoms with van der Waals surface area (Å²) in [5, 5.41) is 0. The molecule has 4 aromatic rings. The molecule has 1 aliphatic rings. The molecule has 320 valence electrons. The number of benzene rings is 4. The number of fused-ring (bicyclic) bond motifs is 2. The molecule has 0 atom stereocenters. The van der Waals surface area contributed by atoms with E-state index in [0.717, 1.165) is 64.4 Å². The van der Waals surface area contributed by atoms with Crippen LogP contribution in [0.25, 0.3) is 0 Å². The number of hydrogen-bond donors (Lipinski definition) is 0. The molecule has 0 amide bonds. The van der Waals surface area contributed by atoms with Crippen molar-refractivity contribution in [1.29, 1.82) is 0 Å². The lowest BCUT2D eigenvalue weighted by Crippen LogP contribution is -2.29. The van der Waals surface area contributed by atoms with Gasteiger partial charge in [0, 0.05) is 81.2 Å². The van der Waals surface area contributed by atoms with Crippen molar-refractivity contribution in [3.63, 3.8) is 0 Å². The number of hydrogen-bond acceptors (Lipinski definition) is 14. The normalized spacial score (nSPS) is 11.8. The summed E-state index contributed by atoms with van der Waals surface area (Å²) in [6.45, 7) is 6.78. The van der Waals surface area contributed by atoms with E-state index in [1.54, 1.807) is 38.5 Å². The van der Waals surface area contributed by atoms with Crippen molar-refractivity contribution in [2.45, 2.75) is 19.6 Å². The van der Waals surface area contributed by atoms with E-state index < -0.39 is 32.0 Å². The van der Waals surface area contributed by atoms with Crippen molar-refractivity contribution in [2.75, 3.05) is 67.1 Å². The van der Waals surface area contributed by atoms with Crippen LogP contribution in [0.15, 0.2) is 130 Å². The number of sulfonamides is 2. The number of rotatable bonds is 16. The number of ether oxygens (including phenoxy) is 4. The molecule has 0 saturated carbocycles. The van der Waals surface area contributed by atoms with E-state index >= 15 is 0 Å². The maximum atomic E-state index is 13.6. The van der Waals surface area contributed by atoms with Gasteiger partial charge in [0.1, 0.15) is 24.7 Å². The van der Waals surface area contributed by atoms with Crippen LogP contribution in [0.1, 0.15) is 31.8 Å². The molecule has 0 N–H and O–H groups in total. The van der Waals surface area contributed by atoms with E-state index in [0.29, 0.717) is 22.3 Å². The van der Waals surface area contributed by atoms with Crippen LogP contribution in [0.3, 0.4) is 0 Å². The highest BCUT2D eigenvalue weighted by molar-refractivity contribution is 8.00. The van der Waals surface area contributed by atoms with Crippen LogP contribution >= 0.6 is 23.5 Å². The summed E-state index contributed by atoms with van der Waals surface area (Å²) >= 11 is 2.93. The number of carbonyl (C=O) groups is 4. The molecule has 0 bridgehead atoms. The zero-order valence-electron chi connectivity index (χ0n) is 33.9. The maximum Gasteiger partial charge on any atom is 0.330 e. The van der Waals surface area contributed by atoms with Gasteiger partial charge in [-0.25, -0.2) is 35.0 Å². The second-order valence-electron chi connectivity index (χ2n) is 12.5. The van der Waals surface area contributed by atoms with Crippen LogP contribution in [0.4, 0.5) is 0 Å². The van der Waals surface area contributed by atoms with E-state index in [1.165, 1.54) is 37.6 Å². The predicted molar refractivity (Wildman–Crippen MR) is 231 cm³/mol. The van der Waals surface area contributed by atoms with Gasteiger partial charge in [0.25, 0.3) is 0 Å². The fourth-order valence-corrected chi connectivity index (χ4v) is 7.60. The molecule has 0 aromatic heterocycles. The molecule has 0 spiro atoms. The zero-order chi connectivity index (χ0) is 44.6. The summed E-state index contributed by atoms with van der Waals surface area (Å²) in [7, 11) is -0.306. The standard InChI is InChI=1S/C28H20O4S2.2C7H13NO4S/c1-31-17-7-11-19(12-8-17)33-23-15-16-24(34-20-13-9-18(32-2)10-14-20)26-25(23)27(29)21-5-3-4-6-22(21)28(26)30;2*1-4-7(9)12-6-5-8(2)13(3,10)11/h3-16H,1-2H3;2*4H,1,5-6H2,2-3H3. The molecule has 0 fully saturated rings. The number of likely N-dealkylation sites (N-methyl/N-ethyl adjacent to an activating group) is 2. The van der Waals surface area contributed by atoms with E-state index in [4.69, 9.17) is 9.47 Å². The van der Waals surface area contributed by atoms with Crippen LogP contribution in [0.2, 0.25) is 0 Å². The summed E-state index contributed by atoms with van der Waals surface area (Å²) in [4.78, 5) is 51.8. The molecule has 1 aliphatic carbocycles. The largest absolute Gasteiger partial charge is 0.497 e. The number of esters is 2. The van der Waals surface area contributed by atoms with Gasteiger partial charge in [-0.05, 0) is 60.7 Å². The summed E-state index contributed by atoms with van der Waals surface area (Å²) in [5.41, 5.74) is 1.82. The first-order chi connectivity index (χ1) is 28.3. The number of nitrogens with zero attached hydrogens (tertiary/aromatic N) is 2. The summed E-state index contributed by atoms with van der Waals surface area (Å²) < 4.78 is 65.3. The molecule has 5 rings (SSSR count). The topological polar surface area (TPSA) is 180 Å². The van der Waals surface area contributed by atoms with Crippen LogP contribution in [-0.4, -0.2) is 116 Å². The monoisotopic (exact) mass is 898 g/mol. The molecule has 0 unspecified atom stereocenters. The Balaban J connectivity index is 0.000000306. The predicted octanol–water partition coefficient (Wildman–Crippen LogP) is 6.00. The zero-order valence-corrected chi connectivity index (χ0v) is 37.2. The first-order valence-corrected chi connectivity index (χ1v) is 23.1. The Labute approximate surface area is 359 Å². The summed E-state index contributed by atoms with van der Waals surface area (Å²) in [6.07, 6.45) is 4.23. The average molecular weight is 899 g/mol. The van der Waals surface area contributed by atoms with Crippen LogP contribution < -0.4 is 9.47 Å². The Morgan fingerprint density at radius 3 is 1.22 bits per heavy atom. The molecule has 0 heterocycles. The van der Waals surface area contributed by atoms with Gasteiger partial charge in [-0.3, -0.25) is 9.59 Å². The molecule has 4 aromatic carbocycles. The lowest BCUT2D eigenvalue weighted by atomic mass is 9.84. The van der Waals surface area contributed by atoms with E-state index in [9.17, 15) is 36.0 Å². The SMILES string of the molecule is C=CC(=O)OCCN(C)S(C)(=O)=O.C=CC(=O)OCCN(C)S(C)(=O)=O.COc1ccc(Sc2ccc(Sc3ccc(OC)cc3)c3c2C(=O)c2ccccc2C3=O)cc1. The Morgan fingerprint density at radius 2 is 0.933 bits per heavy atom. The van der Waals surface area contributed by atoms with Gasteiger partial charge in [-0.2, -0.15) is 0 Å². The molecule has 18 heteroatoms. The molecular formula is C42H46N2O12S4. The van der Waals surface area contributed by atoms with Crippen molar-refractivity contribution in [1.82, 2.24) is 8.61 Å². The lowest BCUT2D eigenvalue weighted by Gasteiger charge is -2.22. The molecule has 0 saturated heterocycles. The summed E-state index contributed by atoms with van der Waals surface area (Å²) in [6, 6.07) is 26.2. The number of carbonyl (C=O) groups excluding carboxylic acids is 4. The van der Waals surface area contributed by atoms with Gasteiger partial charge in [0.2, 0.25) is 20.0 Å². The molecular weight excluding hydrogens is 853 g/mol. The van der Waals surface area contributed by atoms with Crippen molar-refractivity contribution in [3.05, 3.63) is 132 Å². The van der Waals surface area contributed by atoms with Gasteiger partial charge in [-0.15, -0.1) is 0 Å².